The summed E-state index contributed by atoms with van der Waals surface area (Å²) in [6.45, 7) is 1.14. The van der Waals surface area contributed by atoms with Crippen molar-refractivity contribution in [1.82, 2.24) is 21.1 Å². The van der Waals surface area contributed by atoms with Crippen LogP contribution in [0.2, 0.25) is 0 Å². The number of hydrogen-bond acceptors (Lipinski definition) is 9. The number of hydrazine groups is 1. The fraction of sp³-hybridized carbons (Fsp3) is 0.455. The lowest BCUT2D eigenvalue weighted by molar-refractivity contribution is -0.133. The van der Waals surface area contributed by atoms with E-state index >= 15 is 4.39 Å². The molecule has 0 unspecified atom stereocenters. The Morgan fingerprint density at radius 1 is 1.24 bits per heavy atom. The summed E-state index contributed by atoms with van der Waals surface area (Å²) in [4.78, 5) is 49.3. The average molecular weight is 528 g/mol. The van der Waals surface area contributed by atoms with E-state index in [2.05, 4.69) is 10.7 Å². The van der Waals surface area contributed by atoms with Crippen LogP contribution in [0.1, 0.15) is 0 Å². The van der Waals surface area contributed by atoms with Crippen LogP contribution in [0.5, 0.6) is 0 Å². The van der Waals surface area contributed by atoms with Crippen molar-refractivity contribution in [3.8, 4) is 0 Å². The van der Waals surface area contributed by atoms with Gasteiger partial charge in [-0.15, -0.1) is 0 Å². The largest absolute Gasteiger partial charge is 0.442 e. The molecule has 2 heterocycles. The number of carbonyl (C=O) groups is 4. The highest BCUT2D eigenvalue weighted by Crippen LogP contribution is 2.28. The van der Waals surface area contributed by atoms with E-state index in [9.17, 15) is 28.0 Å². The van der Waals surface area contributed by atoms with Crippen molar-refractivity contribution < 1.29 is 37.1 Å². The summed E-state index contributed by atoms with van der Waals surface area (Å²) in [6.07, 6.45) is -3.06. The Labute approximate surface area is 210 Å². The zero-order chi connectivity index (χ0) is 26.9. The number of hydrogen-bond donors (Lipinski definition) is 4. The van der Waals surface area contributed by atoms with Crippen LogP contribution in [-0.4, -0.2) is 94.1 Å². The molecular weight excluding hydrogens is 499 g/mol. The van der Waals surface area contributed by atoms with Gasteiger partial charge in [-0.25, -0.2) is 14.6 Å². The zero-order valence-corrected chi connectivity index (χ0v) is 19.8. The van der Waals surface area contributed by atoms with Gasteiger partial charge < -0.3 is 26.0 Å². The van der Waals surface area contributed by atoms with Gasteiger partial charge in [0.1, 0.15) is 18.2 Å². The number of nitrogens with one attached hydrogen (secondary N) is 3. The Bertz CT molecular complexity index is 1040. The molecule has 0 spiro atoms. The van der Waals surface area contributed by atoms with Gasteiger partial charge in [0.2, 0.25) is 0 Å². The van der Waals surface area contributed by atoms with Gasteiger partial charge in [-0.1, -0.05) is 0 Å². The van der Waals surface area contributed by atoms with Crippen LogP contribution in [0.3, 0.4) is 0 Å². The Morgan fingerprint density at radius 2 is 2.03 bits per heavy atom. The number of aldehydes is 1. The summed E-state index contributed by atoms with van der Waals surface area (Å²) in [7, 11) is 0. The molecule has 1 atom stereocenters. The van der Waals surface area contributed by atoms with Crippen molar-refractivity contribution >= 4 is 35.6 Å². The molecule has 3 amide bonds. The highest BCUT2D eigenvalue weighted by Gasteiger charge is 2.33. The lowest BCUT2D eigenvalue weighted by Gasteiger charge is -2.24. The molecule has 2 aliphatic heterocycles. The van der Waals surface area contributed by atoms with Crippen molar-refractivity contribution in [2.75, 3.05) is 62.2 Å². The van der Waals surface area contributed by atoms with Gasteiger partial charge in [-0.3, -0.25) is 24.3 Å². The van der Waals surface area contributed by atoms with Crippen LogP contribution < -0.4 is 31.6 Å². The average Bonchev–Trinajstić information content (AvgIpc) is 3.08. The van der Waals surface area contributed by atoms with Gasteiger partial charge >= 0.3 is 12.5 Å². The molecule has 0 aromatic heterocycles. The summed E-state index contributed by atoms with van der Waals surface area (Å²) in [5.74, 6) is -2.33. The number of halogens is 3. The highest BCUT2D eigenvalue weighted by molar-refractivity contribution is 5.90. The molecule has 0 aliphatic carbocycles. The lowest BCUT2D eigenvalue weighted by Crippen LogP contribution is -2.47. The third kappa shape index (κ3) is 7.33. The minimum Gasteiger partial charge on any atom is -0.442 e. The Kier molecular flexibility index (Phi) is 9.68. The lowest BCUT2D eigenvalue weighted by atomic mass is 10.2. The van der Waals surface area contributed by atoms with Crippen LogP contribution >= 0.6 is 0 Å². The number of amides is 3. The van der Waals surface area contributed by atoms with Gasteiger partial charge in [0.05, 0.1) is 37.6 Å². The number of benzene rings is 1. The maximum atomic E-state index is 15.0. The third-order valence-corrected chi connectivity index (χ3v) is 5.71. The Morgan fingerprint density at radius 3 is 2.70 bits per heavy atom. The topological polar surface area (TPSA) is 149 Å². The molecule has 2 fully saturated rings. The molecule has 0 bridgehead atoms. The van der Waals surface area contributed by atoms with Gasteiger partial charge in [0.25, 0.3) is 11.8 Å². The molecule has 2 saturated heterocycles. The van der Waals surface area contributed by atoms with Crippen molar-refractivity contribution in [3.63, 3.8) is 0 Å². The number of alkyl halides is 2. The van der Waals surface area contributed by atoms with Crippen molar-refractivity contribution in [2.24, 2.45) is 5.73 Å². The van der Waals surface area contributed by atoms with E-state index in [0.29, 0.717) is 31.5 Å². The third-order valence-electron chi connectivity index (χ3n) is 5.71. The number of cyclic esters (lactones) is 1. The minimum atomic E-state index is -3.18. The van der Waals surface area contributed by atoms with E-state index in [-0.39, 0.29) is 50.0 Å². The maximum Gasteiger partial charge on any atom is 0.414 e. The molecule has 2 aliphatic rings. The molecule has 3 rings (SSSR count). The predicted molar refractivity (Wildman–Crippen MR) is 126 cm³/mol. The smallest absolute Gasteiger partial charge is 0.414 e. The second-order valence-corrected chi connectivity index (χ2v) is 8.20. The molecule has 37 heavy (non-hydrogen) atoms. The second kappa shape index (κ2) is 12.9. The van der Waals surface area contributed by atoms with E-state index in [1.54, 1.807) is 4.90 Å². The summed E-state index contributed by atoms with van der Waals surface area (Å²) < 4.78 is 44.8. The molecule has 12 nitrogen and oxygen atoms in total. The Balaban J connectivity index is 1.55. The number of carbonyl (C=O) groups excluding carboxylic acids is 4. The molecule has 0 saturated carbocycles. The monoisotopic (exact) mass is 527 g/mol. The van der Waals surface area contributed by atoms with Crippen LogP contribution in [-0.2, 0) is 19.1 Å². The van der Waals surface area contributed by atoms with Crippen LogP contribution in [0, 0.1) is 5.82 Å². The van der Waals surface area contributed by atoms with Crippen LogP contribution in [0.15, 0.2) is 30.0 Å². The van der Waals surface area contributed by atoms with E-state index in [1.165, 1.54) is 17.1 Å². The van der Waals surface area contributed by atoms with E-state index in [4.69, 9.17) is 10.5 Å². The summed E-state index contributed by atoms with van der Waals surface area (Å²) >= 11 is 0. The molecular formula is C22H28F3N7O5. The molecule has 1 aromatic carbocycles. The van der Waals surface area contributed by atoms with Crippen molar-refractivity contribution in [3.05, 3.63) is 35.8 Å². The van der Waals surface area contributed by atoms with Gasteiger partial charge in [0, 0.05) is 38.0 Å². The molecule has 0 radical (unpaired) electrons. The number of rotatable bonds is 10. The van der Waals surface area contributed by atoms with E-state index < -0.39 is 30.3 Å². The van der Waals surface area contributed by atoms with Crippen LogP contribution in [0.25, 0.3) is 0 Å². The van der Waals surface area contributed by atoms with Crippen molar-refractivity contribution in [2.45, 2.75) is 12.5 Å². The van der Waals surface area contributed by atoms with Crippen LogP contribution in [0.4, 0.5) is 29.3 Å². The minimum absolute atomic E-state index is 0.0278. The van der Waals surface area contributed by atoms with E-state index in [1.807, 2.05) is 5.32 Å². The highest BCUT2D eigenvalue weighted by atomic mass is 19.3. The Hall–Kier alpha value is -3.85. The van der Waals surface area contributed by atoms with Gasteiger partial charge in [-0.05, 0) is 18.2 Å². The number of anilines is 2. The SMILES string of the molecule is NC=C(C=O)CNCC(=O)N1CCN(c2ccc(N3C[C@H](CNC(=O)C(F)F)OC3=O)cc2F)CCN1. The summed E-state index contributed by atoms with van der Waals surface area (Å²) in [5, 5.41) is 6.24. The predicted octanol–water partition coefficient (Wildman–Crippen LogP) is -0.683. The first-order chi connectivity index (χ1) is 17.7. The molecule has 1 aromatic rings. The first-order valence-corrected chi connectivity index (χ1v) is 11.4. The van der Waals surface area contributed by atoms with Crippen molar-refractivity contribution in [1.29, 1.82) is 0 Å². The summed E-state index contributed by atoms with van der Waals surface area (Å²) in [5.41, 5.74) is 9.09. The first kappa shape index (κ1) is 27.7. The fourth-order valence-corrected chi connectivity index (χ4v) is 3.78. The quantitative estimate of drug-likeness (QED) is 0.229. The summed E-state index contributed by atoms with van der Waals surface area (Å²) in [6, 6.07) is 4.20. The normalized spacial score (nSPS) is 18.6. The molecule has 15 heteroatoms. The maximum absolute atomic E-state index is 15.0. The molecule has 202 valence electrons. The van der Waals surface area contributed by atoms with Gasteiger partial charge in [-0.2, -0.15) is 8.78 Å². The number of ether oxygens (including phenoxy) is 1. The fourth-order valence-electron chi connectivity index (χ4n) is 3.78. The molecule has 5 N–H and O–H groups in total. The standard InChI is InChI=1S/C22H28F3N7O5/c23-17-7-15(31-12-16(37-22(31)36)10-28-21(35)20(24)25)1-2-18(17)30-4-3-29-32(6-5-30)19(34)11-27-9-14(8-26)13-33/h1-2,7-8,13,16,20,27,29H,3-6,9-12,26H2,(H,28,35)/t16-/m0/s1. The second-order valence-electron chi connectivity index (χ2n) is 8.20. The number of nitrogens with zero attached hydrogens (tertiary/aromatic N) is 3. The number of nitrogens with two attached hydrogens (primary N) is 1. The zero-order valence-electron chi connectivity index (χ0n) is 19.8. The van der Waals surface area contributed by atoms with Gasteiger partial charge in [0.15, 0.2) is 0 Å². The van der Waals surface area contributed by atoms with E-state index in [0.717, 1.165) is 17.2 Å². The first-order valence-electron chi connectivity index (χ1n) is 11.4.